The Morgan fingerprint density at radius 3 is 2.21 bits per heavy atom. The molecule has 1 aliphatic rings. The number of piperidine rings is 1. The van der Waals surface area contributed by atoms with Gasteiger partial charge in [-0.25, -0.2) is 16.8 Å². The van der Waals surface area contributed by atoms with Crippen LogP contribution in [-0.4, -0.2) is 52.4 Å². The fraction of sp³-hybridized carbons (Fsp3) is 0.409. The van der Waals surface area contributed by atoms with Crippen molar-refractivity contribution in [2.24, 2.45) is 0 Å². The first-order valence-electron chi connectivity index (χ1n) is 10.6. The van der Waals surface area contributed by atoms with E-state index in [0.717, 1.165) is 29.8 Å². The van der Waals surface area contributed by atoms with E-state index in [1.165, 1.54) is 41.6 Å². The molecule has 1 atom stereocenters. The van der Waals surface area contributed by atoms with Crippen molar-refractivity contribution in [1.82, 2.24) is 4.31 Å². The summed E-state index contributed by atoms with van der Waals surface area (Å²) in [7, 11) is -7.38. The molecule has 33 heavy (non-hydrogen) atoms. The molecule has 1 unspecified atom stereocenters. The van der Waals surface area contributed by atoms with E-state index in [9.17, 15) is 21.6 Å². The van der Waals surface area contributed by atoms with E-state index in [1.54, 1.807) is 19.1 Å². The van der Waals surface area contributed by atoms with Crippen LogP contribution in [0.4, 0.5) is 11.4 Å². The van der Waals surface area contributed by atoms with Crippen LogP contribution in [0.25, 0.3) is 0 Å². The van der Waals surface area contributed by atoms with Gasteiger partial charge in [0.15, 0.2) is 0 Å². The number of benzene rings is 2. The molecule has 1 heterocycles. The summed E-state index contributed by atoms with van der Waals surface area (Å²) < 4.78 is 53.2. The van der Waals surface area contributed by atoms with Crippen molar-refractivity contribution < 1.29 is 21.6 Å². The predicted octanol–water partition coefficient (Wildman–Crippen LogP) is 3.62. The second-order valence-corrected chi connectivity index (χ2v) is 12.4. The van der Waals surface area contributed by atoms with Crippen LogP contribution >= 0.6 is 11.6 Å². The minimum atomic E-state index is -3.80. The molecule has 180 valence electrons. The van der Waals surface area contributed by atoms with E-state index in [1.807, 2.05) is 0 Å². The van der Waals surface area contributed by atoms with E-state index in [4.69, 9.17) is 11.6 Å². The van der Waals surface area contributed by atoms with Crippen molar-refractivity contribution in [2.75, 3.05) is 29.0 Å². The third kappa shape index (κ3) is 5.87. The number of anilines is 2. The van der Waals surface area contributed by atoms with Gasteiger partial charge in [-0.05, 0) is 68.7 Å². The number of sulfonamides is 2. The molecular formula is C22H28ClN3O5S2. The number of halogens is 1. The number of hydrogen-bond donors (Lipinski definition) is 1. The monoisotopic (exact) mass is 513 g/mol. The highest BCUT2D eigenvalue weighted by atomic mass is 35.5. The van der Waals surface area contributed by atoms with Crippen LogP contribution in [0.5, 0.6) is 0 Å². The van der Waals surface area contributed by atoms with Gasteiger partial charge in [0.1, 0.15) is 6.04 Å². The molecule has 1 amide bonds. The maximum atomic E-state index is 12.9. The normalized spacial score (nSPS) is 16.2. The topological polar surface area (TPSA) is 104 Å². The lowest BCUT2D eigenvalue weighted by Gasteiger charge is -2.29. The van der Waals surface area contributed by atoms with Gasteiger partial charge in [-0.1, -0.05) is 24.1 Å². The molecule has 2 aromatic carbocycles. The van der Waals surface area contributed by atoms with Gasteiger partial charge in [-0.2, -0.15) is 4.31 Å². The molecule has 0 aliphatic carbocycles. The SMILES string of the molecule is Cc1ccc(Cl)cc1N(C(C)C(=O)Nc1ccc(S(=O)(=O)N2CCCCC2)cc1)S(C)(=O)=O. The zero-order valence-corrected chi connectivity index (χ0v) is 21.2. The van der Waals surface area contributed by atoms with Gasteiger partial charge in [0.25, 0.3) is 0 Å². The lowest BCUT2D eigenvalue weighted by atomic mass is 10.1. The van der Waals surface area contributed by atoms with Crippen LogP contribution in [0.1, 0.15) is 31.7 Å². The maximum Gasteiger partial charge on any atom is 0.247 e. The first-order valence-corrected chi connectivity index (χ1v) is 14.2. The van der Waals surface area contributed by atoms with Gasteiger partial charge in [-0.15, -0.1) is 0 Å². The smallest absolute Gasteiger partial charge is 0.247 e. The molecule has 1 saturated heterocycles. The zero-order valence-electron chi connectivity index (χ0n) is 18.8. The molecule has 0 spiro atoms. The lowest BCUT2D eigenvalue weighted by molar-refractivity contribution is -0.116. The summed E-state index contributed by atoms with van der Waals surface area (Å²) in [6, 6.07) is 9.64. The first kappa shape index (κ1) is 25.5. The average molecular weight is 514 g/mol. The van der Waals surface area contributed by atoms with Gasteiger partial charge in [-0.3, -0.25) is 9.10 Å². The second-order valence-electron chi connectivity index (χ2n) is 8.14. The molecule has 0 bridgehead atoms. The van der Waals surface area contributed by atoms with Crippen LogP contribution in [0.3, 0.4) is 0 Å². The van der Waals surface area contributed by atoms with Crippen LogP contribution in [-0.2, 0) is 24.8 Å². The number of carbonyl (C=O) groups is 1. The van der Waals surface area contributed by atoms with Crippen LogP contribution in [0.2, 0.25) is 5.02 Å². The van der Waals surface area contributed by atoms with Crippen molar-refractivity contribution in [2.45, 2.75) is 44.0 Å². The van der Waals surface area contributed by atoms with E-state index in [0.29, 0.717) is 35.1 Å². The minimum absolute atomic E-state index is 0.155. The highest BCUT2D eigenvalue weighted by Gasteiger charge is 2.31. The van der Waals surface area contributed by atoms with Crippen molar-refractivity contribution >= 4 is 48.9 Å². The molecule has 1 N–H and O–H groups in total. The Morgan fingerprint density at radius 2 is 1.64 bits per heavy atom. The fourth-order valence-electron chi connectivity index (χ4n) is 3.81. The van der Waals surface area contributed by atoms with Crippen LogP contribution < -0.4 is 9.62 Å². The van der Waals surface area contributed by atoms with E-state index in [-0.39, 0.29) is 4.90 Å². The highest BCUT2D eigenvalue weighted by Crippen LogP contribution is 2.29. The molecule has 8 nitrogen and oxygen atoms in total. The Balaban J connectivity index is 1.80. The van der Waals surface area contributed by atoms with Gasteiger partial charge < -0.3 is 5.32 Å². The van der Waals surface area contributed by atoms with E-state index >= 15 is 0 Å². The molecule has 2 aromatic rings. The van der Waals surface area contributed by atoms with Crippen LogP contribution in [0, 0.1) is 6.92 Å². The highest BCUT2D eigenvalue weighted by molar-refractivity contribution is 7.92. The first-order chi connectivity index (χ1) is 15.4. The molecule has 1 fully saturated rings. The standard InChI is InChI=1S/C22H28ClN3O5S2/c1-16-7-8-18(23)15-21(16)26(32(3,28)29)17(2)22(27)24-19-9-11-20(12-10-19)33(30,31)25-13-5-4-6-14-25/h7-12,15,17H,4-6,13-14H2,1-3H3,(H,24,27). The average Bonchev–Trinajstić information content (AvgIpc) is 2.76. The third-order valence-electron chi connectivity index (χ3n) is 5.57. The van der Waals surface area contributed by atoms with Crippen molar-refractivity contribution in [1.29, 1.82) is 0 Å². The predicted molar refractivity (Wildman–Crippen MR) is 131 cm³/mol. The fourth-order valence-corrected chi connectivity index (χ4v) is 6.72. The molecule has 11 heteroatoms. The number of aryl methyl sites for hydroxylation is 1. The molecule has 3 rings (SSSR count). The summed E-state index contributed by atoms with van der Waals surface area (Å²) in [5.41, 5.74) is 1.33. The summed E-state index contributed by atoms with van der Waals surface area (Å²) in [4.78, 5) is 13.1. The second kappa shape index (κ2) is 10.0. The Morgan fingerprint density at radius 1 is 1.03 bits per heavy atom. The third-order valence-corrected chi connectivity index (χ3v) is 8.95. The number of hydrogen-bond acceptors (Lipinski definition) is 5. The van der Waals surface area contributed by atoms with Gasteiger partial charge in [0.2, 0.25) is 26.0 Å². The molecule has 0 radical (unpaired) electrons. The van der Waals surface area contributed by atoms with Crippen molar-refractivity contribution in [3.8, 4) is 0 Å². The molecule has 0 aromatic heterocycles. The molecule has 1 aliphatic heterocycles. The summed E-state index contributed by atoms with van der Waals surface area (Å²) in [6.07, 6.45) is 3.73. The molecule has 0 saturated carbocycles. The Labute approximate surface area is 200 Å². The minimum Gasteiger partial charge on any atom is -0.324 e. The molecular weight excluding hydrogens is 486 g/mol. The summed E-state index contributed by atoms with van der Waals surface area (Å²) in [5.74, 6) is -0.563. The zero-order chi connectivity index (χ0) is 24.4. The van der Waals surface area contributed by atoms with Crippen molar-refractivity contribution in [3.63, 3.8) is 0 Å². The number of carbonyl (C=O) groups excluding carboxylic acids is 1. The quantitative estimate of drug-likeness (QED) is 0.609. The number of nitrogens with zero attached hydrogens (tertiary/aromatic N) is 2. The van der Waals surface area contributed by atoms with Gasteiger partial charge in [0, 0.05) is 23.8 Å². The Bertz CT molecular complexity index is 1230. The Kier molecular flexibility index (Phi) is 7.73. The lowest BCUT2D eigenvalue weighted by Crippen LogP contribution is -2.45. The number of amides is 1. The summed E-state index contributed by atoms with van der Waals surface area (Å²) in [6.45, 7) is 4.22. The van der Waals surface area contributed by atoms with Crippen LogP contribution in [0.15, 0.2) is 47.4 Å². The van der Waals surface area contributed by atoms with Crippen molar-refractivity contribution in [3.05, 3.63) is 53.1 Å². The summed E-state index contributed by atoms with van der Waals surface area (Å²) >= 11 is 6.06. The van der Waals surface area contributed by atoms with E-state index < -0.39 is 32.0 Å². The number of nitrogens with one attached hydrogen (secondary N) is 1. The largest absolute Gasteiger partial charge is 0.324 e. The number of rotatable bonds is 7. The Hall–Kier alpha value is -2.14. The van der Waals surface area contributed by atoms with Gasteiger partial charge in [0.05, 0.1) is 16.8 Å². The maximum absolute atomic E-state index is 12.9. The van der Waals surface area contributed by atoms with Gasteiger partial charge >= 0.3 is 0 Å². The van der Waals surface area contributed by atoms with E-state index in [2.05, 4.69) is 5.32 Å². The summed E-state index contributed by atoms with van der Waals surface area (Å²) in [5, 5.41) is 3.02.